The molecule has 0 aliphatic rings. The topological polar surface area (TPSA) is 182 Å². The van der Waals surface area contributed by atoms with Crippen LogP contribution in [0.5, 0.6) is 0 Å². The Balaban J connectivity index is 1.76. The number of aromatic nitrogens is 1. The summed E-state index contributed by atoms with van der Waals surface area (Å²) in [6, 6.07) is 11.4. The molecule has 1 aromatic heterocycles. The molecule has 5 N–H and O–H groups in total. The molecule has 3 aromatic rings. The molecule has 0 fully saturated rings. The van der Waals surface area contributed by atoms with Gasteiger partial charge in [-0.05, 0) is 89.6 Å². The lowest BCUT2D eigenvalue weighted by Crippen LogP contribution is -2.48. The Morgan fingerprint density at radius 3 is 2.10 bits per heavy atom. The first-order chi connectivity index (χ1) is 27.4. The third-order valence-corrected chi connectivity index (χ3v) is 8.99. The van der Waals surface area contributed by atoms with Crippen molar-refractivity contribution in [3.05, 3.63) is 83.7 Å². The van der Waals surface area contributed by atoms with Crippen LogP contribution in [0.3, 0.4) is 0 Å². The second kappa shape index (κ2) is 20.7. The molecule has 3 rings (SSSR count). The van der Waals surface area contributed by atoms with Crippen molar-refractivity contribution in [3.8, 4) is 11.1 Å². The zero-order valence-electron chi connectivity index (χ0n) is 35.7. The van der Waals surface area contributed by atoms with Gasteiger partial charge in [0.25, 0.3) is 0 Å². The van der Waals surface area contributed by atoms with Gasteiger partial charge in [0.05, 0.1) is 12.1 Å². The molecule has 15 heteroatoms. The number of nitrogens with zero attached hydrogens (tertiary/aromatic N) is 2. The number of esters is 2. The van der Waals surface area contributed by atoms with Gasteiger partial charge in [-0.3, -0.25) is 19.2 Å². The number of carbonyl (C=O) groups excluding carboxylic acids is 5. The monoisotopic (exact) mass is 825 g/mol. The summed E-state index contributed by atoms with van der Waals surface area (Å²) in [4.78, 5) is 66.3. The van der Waals surface area contributed by atoms with E-state index in [9.17, 15) is 33.5 Å². The first-order valence-corrected chi connectivity index (χ1v) is 19.8. The van der Waals surface area contributed by atoms with Crippen molar-refractivity contribution in [3.63, 3.8) is 0 Å². The fraction of sp³-hybridized carbons (Fsp3) is 0.523. The molecule has 3 amide bonds. The molecular formula is C44H61F2N5O8. The van der Waals surface area contributed by atoms with E-state index in [1.807, 2.05) is 55.7 Å². The number of hydrogen-bond donors (Lipinski definition) is 4. The summed E-state index contributed by atoms with van der Waals surface area (Å²) in [6.07, 6.45) is 1.23. The Hall–Kier alpha value is -5.15. The van der Waals surface area contributed by atoms with Gasteiger partial charge < -0.3 is 40.4 Å². The van der Waals surface area contributed by atoms with Crippen LogP contribution >= 0.6 is 0 Å². The van der Waals surface area contributed by atoms with Crippen LogP contribution in [-0.4, -0.2) is 87.2 Å². The number of hydrogen-bond acceptors (Lipinski definition) is 9. The highest BCUT2D eigenvalue weighted by molar-refractivity contribution is 5.86. The number of ether oxygens (including phenoxy) is 2. The molecule has 0 saturated heterocycles. The van der Waals surface area contributed by atoms with E-state index in [-0.39, 0.29) is 44.3 Å². The van der Waals surface area contributed by atoms with Crippen LogP contribution in [0.2, 0.25) is 0 Å². The van der Waals surface area contributed by atoms with Crippen molar-refractivity contribution in [2.45, 2.75) is 124 Å². The van der Waals surface area contributed by atoms with Crippen LogP contribution < -0.4 is 16.4 Å². The summed E-state index contributed by atoms with van der Waals surface area (Å²) in [7, 11) is 0. The van der Waals surface area contributed by atoms with E-state index in [2.05, 4.69) is 10.6 Å². The molecular weight excluding hydrogens is 765 g/mol. The summed E-state index contributed by atoms with van der Waals surface area (Å²) >= 11 is 0. The molecule has 0 aliphatic carbocycles. The summed E-state index contributed by atoms with van der Waals surface area (Å²) in [5.74, 6) is -4.32. The number of nitrogens with one attached hydrogen (secondary N) is 2. The van der Waals surface area contributed by atoms with Gasteiger partial charge in [-0.15, -0.1) is 0 Å². The third kappa shape index (κ3) is 15.5. The van der Waals surface area contributed by atoms with Crippen molar-refractivity contribution in [2.24, 2.45) is 11.1 Å². The minimum Gasteiger partial charge on any atom is -0.460 e. The fourth-order valence-electron chi connectivity index (χ4n) is 6.48. The number of aliphatic hydroxyl groups excluding tert-OH is 1. The van der Waals surface area contributed by atoms with Gasteiger partial charge in [-0.2, -0.15) is 0 Å². The van der Waals surface area contributed by atoms with Crippen LogP contribution in [0.1, 0.15) is 105 Å². The maximum absolute atomic E-state index is 15.1. The number of aliphatic hydroxyl groups is 1. The summed E-state index contributed by atoms with van der Waals surface area (Å²) in [5.41, 5.74) is 5.97. The summed E-state index contributed by atoms with van der Waals surface area (Å²) < 4.78 is 42.1. The number of nitrogens with two attached hydrogens (primary N) is 1. The van der Waals surface area contributed by atoms with Crippen LogP contribution in [0.25, 0.3) is 11.1 Å². The molecule has 3 unspecified atom stereocenters. The Kier molecular flexibility index (Phi) is 16.9. The van der Waals surface area contributed by atoms with Crippen molar-refractivity contribution < 1.29 is 47.3 Å². The Morgan fingerprint density at radius 2 is 1.51 bits per heavy atom. The van der Waals surface area contributed by atoms with E-state index >= 15 is 4.39 Å². The molecule has 1 heterocycles. The smallest absolute Gasteiger partial charge is 0.329 e. The SMILES string of the molecule is CC(C)(C)OC(=O)CCC(NC(=O)CCNC(=O)C(N)CCN(C(=O)CO)C(c1cc(-c2cc(F)ccc2F)cn1Cc1ccccc1)C(C)(C)C)C(=O)OC(C)(C)C. The van der Waals surface area contributed by atoms with Crippen LogP contribution in [0.15, 0.2) is 60.8 Å². The average molecular weight is 826 g/mol. The quantitative estimate of drug-likeness (QED) is 0.119. The van der Waals surface area contributed by atoms with E-state index in [0.717, 1.165) is 23.8 Å². The maximum Gasteiger partial charge on any atom is 0.329 e. The van der Waals surface area contributed by atoms with Gasteiger partial charge in [-0.25, -0.2) is 13.6 Å². The van der Waals surface area contributed by atoms with Gasteiger partial charge >= 0.3 is 11.9 Å². The molecule has 0 saturated carbocycles. The first kappa shape index (κ1) is 48.2. The predicted octanol–water partition coefficient (Wildman–Crippen LogP) is 5.56. The minimum absolute atomic E-state index is 0.0352. The third-order valence-electron chi connectivity index (χ3n) is 8.99. The van der Waals surface area contributed by atoms with Crippen molar-refractivity contribution in [2.75, 3.05) is 19.7 Å². The number of benzene rings is 2. The molecule has 0 radical (unpaired) electrons. The standard InChI is InChI=1S/C44H61F2N5O8/c1-42(2,3)39(35-23-29(31-24-30(45)15-16-32(31)46)26-50(35)25-28-13-11-10-12-14-28)51(37(54)27-52)22-20-33(47)40(56)48-21-19-36(53)49-34(41(57)59-44(7,8)9)17-18-38(55)58-43(4,5)6/h10-16,23-24,26,33-34,39,52H,17-22,25,27,47H2,1-9H3,(H,48,56)(H,49,53). The Bertz CT molecular complexity index is 1910. The van der Waals surface area contributed by atoms with E-state index in [1.54, 1.807) is 53.8 Å². The second-order valence-corrected chi connectivity index (χ2v) is 17.6. The van der Waals surface area contributed by atoms with E-state index in [4.69, 9.17) is 15.2 Å². The molecule has 3 atom stereocenters. The highest BCUT2D eigenvalue weighted by Crippen LogP contribution is 2.41. The van der Waals surface area contributed by atoms with E-state index < -0.39 is 82.6 Å². The number of carbonyl (C=O) groups is 5. The Morgan fingerprint density at radius 1 is 0.864 bits per heavy atom. The van der Waals surface area contributed by atoms with Gasteiger partial charge in [0.1, 0.15) is 35.5 Å². The van der Waals surface area contributed by atoms with Crippen LogP contribution in [-0.2, 0) is 40.0 Å². The summed E-state index contributed by atoms with van der Waals surface area (Å²) in [5, 5.41) is 15.3. The largest absolute Gasteiger partial charge is 0.460 e. The normalized spacial score (nSPS) is 13.5. The molecule has 0 bridgehead atoms. The second-order valence-electron chi connectivity index (χ2n) is 17.6. The van der Waals surface area contributed by atoms with E-state index in [1.165, 1.54) is 4.90 Å². The highest BCUT2D eigenvalue weighted by atomic mass is 19.1. The first-order valence-electron chi connectivity index (χ1n) is 19.8. The van der Waals surface area contributed by atoms with E-state index in [0.29, 0.717) is 17.8 Å². The Labute approximate surface area is 346 Å². The lowest BCUT2D eigenvalue weighted by molar-refractivity contribution is -0.160. The highest BCUT2D eigenvalue weighted by Gasteiger charge is 2.37. The average Bonchev–Trinajstić information content (AvgIpc) is 3.52. The number of rotatable bonds is 18. The molecule has 324 valence electrons. The van der Waals surface area contributed by atoms with Crippen molar-refractivity contribution >= 4 is 29.7 Å². The lowest BCUT2D eigenvalue weighted by Gasteiger charge is -2.41. The van der Waals surface area contributed by atoms with Gasteiger partial charge in [0, 0.05) is 55.5 Å². The fourth-order valence-corrected chi connectivity index (χ4v) is 6.48. The lowest BCUT2D eigenvalue weighted by atomic mass is 9.82. The van der Waals surface area contributed by atoms with Gasteiger partial charge in [0.15, 0.2) is 0 Å². The zero-order valence-corrected chi connectivity index (χ0v) is 35.7. The molecule has 13 nitrogen and oxygen atoms in total. The van der Waals surface area contributed by atoms with Crippen LogP contribution in [0.4, 0.5) is 8.78 Å². The van der Waals surface area contributed by atoms with Gasteiger partial charge in [-0.1, -0.05) is 51.1 Å². The predicted molar refractivity (Wildman–Crippen MR) is 219 cm³/mol. The van der Waals surface area contributed by atoms with Crippen molar-refractivity contribution in [1.29, 1.82) is 0 Å². The summed E-state index contributed by atoms with van der Waals surface area (Å²) in [6.45, 7) is 15.2. The minimum atomic E-state index is -1.14. The van der Waals surface area contributed by atoms with Crippen molar-refractivity contribution in [1.82, 2.24) is 20.1 Å². The molecule has 59 heavy (non-hydrogen) atoms. The maximum atomic E-state index is 15.1. The number of halogens is 2. The molecule has 2 aromatic carbocycles. The van der Waals surface area contributed by atoms with Crippen LogP contribution in [0, 0.1) is 17.0 Å². The molecule has 0 aliphatic heterocycles. The van der Waals surface area contributed by atoms with Gasteiger partial charge in [0.2, 0.25) is 17.7 Å². The zero-order chi connectivity index (χ0) is 44.3. The number of amides is 3. The molecule has 0 spiro atoms.